The van der Waals surface area contributed by atoms with Crippen LogP contribution >= 0.6 is 0 Å². The Balaban J connectivity index is 2.19. The van der Waals surface area contributed by atoms with Crippen molar-refractivity contribution in [2.45, 2.75) is 33.1 Å². The van der Waals surface area contributed by atoms with Crippen molar-refractivity contribution in [2.24, 2.45) is 18.2 Å². The Hall–Kier alpha value is -1.69. The summed E-state index contributed by atoms with van der Waals surface area (Å²) in [5, 5.41) is 8.24. The van der Waals surface area contributed by atoms with E-state index in [4.69, 9.17) is 10.3 Å². The Morgan fingerprint density at radius 2 is 2.16 bits per heavy atom. The van der Waals surface area contributed by atoms with Gasteiger partial charge in [-0.3, -0.25) is 4.68 Å². The molecule has 1 unspecified atom stereocenters. The molecule has 2 N–H and O–H groups in total. The highest BCUT2D eigenvalue weighted by atomic mass is 16.5. The smallest absolute Gasteiger partial charge is 0.231 e. The average Bonchev–Trinajstić information content (AvgIpc) is 2.92. The van der Waals surface area contributed by atoms with Crippen LogP contribution < -0.4 is 5.73 Å². The summed E-state index contributed by atoms with van der Waals surface area (Å²) < 4.78 is 7.05. The molecule has 104 valence electrons. The zero-order chi connectivity index (χ0) is 14.0. The zero-order valence-electron chi connectivity index (χ0n) is 11.9. The van der Waals surface area contributed by atoms with Crippen LogP contribution in [0.4, 0.5) is 0 Å². The summed E-state index contributed by atoms with van der Waals surface area (Å²) in [5.74, 6) is 1.20. The molecule has 2 rings (SSSR count). The van der Waals surface area contributed by atoms with Crippen LogP contribution in [0.3, 0.4) is 0 Å². The van der Waals surface area contributed by atoms with E-state index >= 15 is 0 Å². The first kappa shape index (κ1) is 13.7. The Morgan fingerprint density at radius 3 is 2.68 bits per heavy atom. The fourth-order valence-electron chi connectivity index (χ4n) is 2.05. The summed E-state index contributed by atoms with van der Waals surface area (Å²) in [4.78, 5) is 4.42. The van der Waals surface area contributed by atoms with Gasteiger partial charge in [0, 0.05) is 19.8 Å². The maximum absolute atomic E-state index is 5.82. The second kappa shape index (κ2) is 5.13. The van der Waals surface area contributed by atoms with Crippen molar-refractivity contribution in [1.29, 1.82) is 0 Å². The van der Waals surface area contributed by atoms with Crippen molar-refractivity contribution in [3.63, 3.8) is 0 Å². The first-order valence-corrected chi connectivity index (χ1v) is 6.43. The summed E-state index contributed by atoms with van der Waals surface area (Å²) in [6, 6.07) is 1.86. The topological polar surface area (TPSA) is 82.8 Å². The molecule has 19 heavy (non-hydrogen) atoms. The monoisotopic (exact) mass is 263 g/mol. The highest BCUT2D eigenvalue weighted by molar-refractivity contribution is 5.46. The fourth-order valence-corrected chi connectivity index (χ4v) is 2.05. The number of rotatable bonds is 4. The van der Waals surface area contributed by atoms with Gasteiger partial charge in [0.2, 0.25) is 11.7 Å². The molecule has 6 heteroatoms. The molecule has 0 aromatic carbocycles. The molecule has 6 nitrogen and oxygen atoms in total. The normalized spacial score (nSPS) is 13.7. The van der Waals surface area contributed by atoms with Gasteiger partial charge < -0.3 is 10.3 Å². The lowest BCUT2D eigenvalue weighted by molar-refractivity contribution is 0.287. The molecule has 0 aliphatic heterocycles. The van der Waals surface area contributed by atoms with Crippen molar-refractivity contribution in [3.05, 3.63) is 18.2 Å². The summed E-state index contributed by atoms with van der Waals surface area (Å²) in [6.45, 7) is 7.02. The molecule has 2 aromatic heterocycles. The Labute approximate surface area is 113 Å². The molecule has 1 atom stereocenters. The molecule has 0 radical (unpaired) electrons. The van der Waals surface area contributed by atoms with Gasteiger partial charge >= 0.3 is 0 Å². The second-order valence-corrected chi connectivity index (χ2v) is 6.03. The molecular formula is C13H21N5O. The van der Waals surface area contributed by atoms with Gasteiger partial charge in [0.1, 0.15) is 5.69 Å². The molecule has 0 aliphatic rings. The molecule has 0 saturated carbocycles. The maximum Gasteiger partial charge on any atom is 0.231 e. The van der Waals surface area contributed by atoms with Crippen LogP contribution in [0.5, 0.6) is 0 Å². The predicted molar refractivity (Wildman–Crippen MR) is 72.4 cm³/mol. The van der Waals surface area contributed by atoms with Gasteiger partial charge in [-0.1, -0.05) is 25.9 Å². The highest BCUT2D eigenvalue weighted by Crippen LogP contribution is 2.30. The summed E-state index contributed by atoms with van der Waals surface area (Å²) >= 11 is 0. The first-order chi connectivity index (χ1) is 8.89. The third-order valence-corrected chi connectivity index (χ3v) is 2.88. The molecule has 0 saturated heterocycles. The van der Waals surface area contributed by atoms with E-state index in [0.29, 0.717) is 24.0 Å². The molecule has 0 fully saturated rings. The largest absolute Gasteiger partial charge is 0.339 e. The molecule has 2 aromatic rings. The minimum Gasteiger partial charge on any atom is -0.339 e. The number of hydrogen-bond donors (Lipinski definition) is 1. The highest BCUT2D eigenvalue weighted by Gasteiger charge is 2.24. The number of aryl methyl sites for hydroxylation is 1. The predicted octanol–water partition coefficient (Wildman–Crippen LogP) is 1.95. The van der Waals surface area contributed by atoms with Crippen LogP contribution in [0.1, 0.15) is 39.0 Å². The van der Waals surface area contributed by atoms with Crippen molar-refractivity contribution >= 4 is 0 Å². The van der Waals surface area contributed by atoms with Gasteiger partial charge in [0.25, 0.3) is 0 Å². The standard InChI is InChI=1S/C13H21N5O/c1-13(2,3)7-9(8-14)12-15-11(17-19-12)10-5-6-18(4)16-10/h5-6,9H,7-8,14H2,1-4H3. The third-order valence-electron chi connectivity index (χ3n) is 2.88. The number of nitrogens with zero attached hydrogens (tertiary/aromatic N) is 4. The Morgan fingerprint density at radius 1 is 1.42 bits per heavy atom. The molecular weight excluding hydrogens is 242 g/mol. The summed E-state index contributed by atoms with van der Waals surface area (Å²) in [7, 11) is 1.85. The molecule has 0 amide bonds. The zero-order valence-corrected chi connectivity index (χ0v) is 11.9. The van der Waals surface area contributed by atoms with E-state index < -0.39 is 0 Å². The van der Waals surface area contributed by atoms with Gasteiger partial charge in [-0.05, 0) is 17.9 Å². The SMILES string of the molecule is Cn1ccc(-c2noc(C(CN)CC(C)(C)C)n2)n1. The maximum atomic E-state index is 5.82. The van der Waals surface area contributed by atoms with E-state index in [1.807, 2.05) is 19.3 Å². The van der Waals surface area contributed by atoms with Gasteiger partial charge in [0.05, 0.1) is 5.92 Å². The Bertz CT molecular complexity index is 537. The quantitative estimate of drug-likeness (QED) is 0.911. The fraction of sp³-hybridized carbons (Fsp3) is 0.615. The van der Waals surface area contributed by atoms with Gasteiger partial charge in [-0.25, -0.2) is 0 Å². The van der Waals surface area contributed by atoms with E-state index in [0.717, 1.165) is 6.42 Å². The van der Waals surface area contributed by atoms with Gasteiger partial charge in [0.15, 0.2) is 0 Å². The van der Waals surface area contributed by atoms with Gasteiger partial charge in [-0.2, -0.15) is 10.1 Å². The number of aromatic nitrogens is 4. The van der Waals surface area contributed by atoms with Crippen molar-refractivity contribution < 1.29 is 4.52 Å². The molecule has 0 spiro atoms. The molecule has 0 bridgehead atoms. The van der Waals surface area contributed by atoms with Crippen molar-refractivity contribution in [3.8, 4) is 11.5 Å². The van der Waals surface area contributed by atoms with E-state index in [1.54, 1.807) is 4.68 Å². The van der Waals surface area contributed by atoms with Crippen LogP contribution in [0, 0.1) is 5.41 Å². The number of hydrogen-bond acceptors (Lipinski definition) is 5. The molecule has 0 aliphatic carbocycles. The lowest BCUT2D eigenvalue weighted by Crippen LogP contribution is -2.19. The van der Waals surface area contributed by atoms with E-state index in [9.17, 15) is 0 Å². The first-order valence-electron chi connectivity index (χ1n) is 6.43. The molecule has 2 heterocycles. The lowest BCUT2D eigenvalue weighted by atomic mass is 9.84. The summed E-state index contributed by atoms with van der Waals surface area (Å²) in [5.41, 5.74) is 6.70. The second-order valence-electron chi connectivity index (χ2n) is 6.03. The van der Waals surface area contributed by atoms with Crippen LogP contribution in [0.15, 0.2) is 16.8 Å². The third kappa shape index (κ3) is 3.41. The lowest BCUT2D eigenvalue weighted by Gasteiger charge is -2.22. The van der Waals surface area contributed by atoms with Crippen molar-refractivity contribution in [2.75, 3.05) is 6.54 Å². The van der Waals surface area contributed by atoms with E-state index in [2.05, 4.69) is 36.0 Å². The van der Waals surface area contributed by atoms with Crippen LogP contribution in [-0.4, -0.2) is 26.5 Å². The average molecular weight is 263 g/mol. The van der Waals surface area contributed by atoms with Crippen LogP contribution in [0.25, 0.3) is 11.5 Å². The van der Waals surface area contributed by atoms with Gasteiger partial charge in [-0.15, -0.1) is 0 Å². The number of nitrogens with two attached hydrogens (primary N) is 1. The van der Waals surface area contributed by atoms with E-state index in [-0.39, 0.29) is 11.3 Å². The Kier molecular flexibility index (Phi) is 3.71. The van der Waals surface area contributed by atoms with Crippen molar-refractivity contribution in [1.82, 2.24) is 19.9 Å². The summed E-state index contributed by atoms with van der Waals surface area (Å²) in [6.07, 6.45) is 2.76. The minimum atomic E-state index is 0.0879. The van der Waals surface area contributed by atoms with Crippen LogP contribution in [0.2, 0.25) is 0 Å². The van der Waals surface area contributed by atoms with E-state index in [1.165, 1.54) is 0 Å². The van der Waals surface area contributed by atoms with Crippen LogP contribution in [-0.2, 0) is 7.05 Å². The minimum absolute atomic E-state index is 0.0879.